The van der Waals surface area contributed by atoms with E-state index in [0.29, 0.717) is 6.42 Å². The summed E-state index contributed by atoms with van der Waals surface area (Å²) in [5.74, 6) is -3.17. The largest absolute Gasteiger partial charge is 1.00 e. The van der Waals surface area contributed by atoms with Crippen LogP contribution in [0, 0.1) is 0 Å². The van der Waals surface area contributed by atoms with Crippen LogP contribution in [0.1, 0.15) is 45.4 Å². The zero-order chi connectivity index (χ0) is 14.7. The molecule has 0 amide bonds. The number of hydrogen-bond donors (Lipinski definition) is 1. The summed E-state index contributed by atoms with van der Waals surface area (Å²) in [5, 5.41) is 30.5. The molecule has 0 spiro atoms. The molecule has 0 aromatic rings. The van der Waals surface area contributed by atoms with Gasteiger partial charge in [-0.05, 0) is 38.0 Å². The molecule has 1 N–H and O–H groups in total. The number of aliphatic imine (C=N–C) groups is 1. The number of nitrogens with zero attached hydrogens (tertiary/aromatic N) is 1. The van der Waals surface area contributed by atoms with Gasteiger partial charge in [-0.15, -0.1) is 0 Å². The van der Waals surface area contributed by atoms with Crippen LogP contribution in [0.5, 0.6) is 0 Å². The van der Waals surface area contributed by atoms with Crippen molar-refractivity contribution in [1.29, 1.82) is 0 Å². The van der Waals surface area contributed by atoms with Crippen LogP contribution < -0.4 is 113 Å². The van der Waals surface area contributed by atoms with Crippen molar-refractivity contribution >= 4 is 17.8 Å². The minimum absolute atomic E-state index is 0. The molecule has 0 aliphatic carbocycles. The maximum atomic E-state index is 11.4. The Morgan fingerprint density at radius 2 is 1.71 bits per heavy atom. The summed E-state index contributed by atoms with van der Waals surface area (Å²) >= 11 is 0. The number of unbranched alkanes of at least 4 members (excludes halogenated alkanes) is 1. The van der Waals surface area contributed by atoms with Crippen molar-refractivity contribution in [2.24, 2.45) is 4.99 Å². The van der Waals surface area contributed by atoms with Crippen molar-refractivity contribution in [3.63, 3.8) is 0 Å². The molecule has 0 aliphatic rings. The molecule has 0 aromatic heterocycles. The molecule has 0 aliphatic heterocycles. The predicted molar refractivity (Wildman–Crippen MR) is 66.4 cm³/mol. The molecule has 0 saturated carbocycles. The van der Waals surface area contributed by atoms with Crippen LogP contribution in [0.15, 0.2) is 17.1 Å². The van der Waals surface area contributed by atoms with E-state index in [9.17, 15) is 19.8 Å². The van der Waals surface area contributed by atoms with E-state index in [2.05, 4.69) is 4.99 Å². The van der Waals surface area contributed by atoms with Crippen molar-refractivity contribution in [3.8, 4) is 0 Å². The van der Waals surface area contributed by atoms with E-state index in [4.69, 9.17) is 5.11 Å². The summed E-state index contributed by atoms with van der Waals surface area (Å²) in [5.41, 5.74) is 0. The first kappa shape index (κ1) is 27.3. The van der Waals surface area contributed by atoms with E-state index in [0.717, 1.165) is 12.8 Å². The van der Waals surface area contributed by atoms with Gasteiger partial charge in [-0.25, -0.2) is 4.79 Å². The number of carbonyl (C=O) groups excluding carboxylic acids is 1. The summed E-state index contributed by atoms with van der Waals surface area (Å²) in [4.78, 5) is 24.5. The minimum Gasteiger partial charge on any atom is -0.862 e. The third-order valence-electron chi connectivity index (χ3n) is 2.35. The molecular formula is C13H19K2NO5. The van der Waals surface area contributed by atoms with Crippen LogP contribution in [-0.4, -0.2) is 29.0 Å². The number of carboxylic acids is 2. The summed E-state index contributed by atoms with van der Waals surface area (Å²) in [6.07, 6.45) is 5.77. The van der Waals surface area contributed by atoms with Gasteiger partial charge in [-0.2, -0.15) is 0 Å². The number of carbonyl (C=O) groups is 2. The van der Waals surface area contributed by atoms with Crippen molar-refractivity contribution in [2.75, 3.05) is 0 Å². The summed E-state index contributed by atoms with van der Waals surface area (Å²) in [7, 11) is 0. The number of aliphatic carboxylic acids is 2. The second-order valence-electron chi connectivity index (χ2n) is 4.09. The van der Waals surface area contributed by atoms with E-state index >= 15 is 0 Å². The molecule has 108 valence electrons. The van der Waals surface area contributed by atoms with Gasteiger partial charge in [0.1, 0.15) is 6.04 Å². The Bertz CT molecular complexity index is 358. The normalized spacial score (nSPS) is 12.3. The van der Waals surface area contributed by atoms with Crippen molar-refractivity contribution in [1.82, 2.24) is 0 Å². The van der Waals surface area contributed by atoms with Gasteiger partial charge >= 0.3 is 109 Å². The maximum absolute atomic E-state index is 11.4. The first-order valence-electron chi connectivity index (χ1n) is 6.28. The Labute approximate surface area is 210 Å². The quantitative estimate of drug-likeness (QED) is 0.183. The molecule has 0 rings (SSSR count). The van der Waals surface area contributed by atoms with Crippen LogP contribution in [0.25, 0.3) is 0 Å². The standard InChI is InChI=1S/C13H21NO5.2K/c1-2-3-4-5-6-7-11(15)14-10(13(18)19)8-9-12(16)17;;/h4-5,10H,2-3,6-9H2,1H3,(H,14,15)(H,16,17)(H,18,19);;/q;2*+1/p-2/b5-4+;;/t10-;;/m0../s1. The van der Waals surface area contributed by atoms with Crippen molar-refractivity contribution in [3.05, 3.63) is 12.2 Å². The van der Waals surface area contributed by atoms with Crippen LogP contribution in [0.3, 0.4) is 0 Å². The molecule has 0 fully saturated rings. The Balaban J connectivity index is -0.00000162. The molecule has 0 unspecified atom stereocenters. The molecule has 6 nitrogen and oxygen atoms in total. The van der Waals surface area contributed by atoms with Gasteiger partial charge in [0, 0.05) is 5.97 Å². The molecule has 0 bridgehead atoms. The second kappa shape index (κ2) is 17.8. The Morgan fingerprint density at radius 3 is 2.19 bits per heavy atom. The minimum atomic E-state index is -1.35. The molecule has 8 heteroatoms. The average molecular weight is 347 g/mol. The molecule has 0 saturated heterocycles. The number of hydrogen-bond acceptors (Lipinski definition) is 5. The van der Waals surface area contributed by atoms with Gasteiger partial charge in [0.25, 0.3) is 0 Å². The number of allylic oxidation sites excluding steroid dienone is 2. The third kappa shape index (κ3) is 17.6. The smallest absolute Gasteiger partial charge is 0.862 e. The molecule has 21 heavy (non-hydrogen) atoms. The summed E-state index contributed by atoms with van der Waals surface area (Å²) < 4.78 is 0. The van der Waals surface area contributed by atoms with Crippen LogP contribution in [0.4, 0.5) is 0 Å². The number of carboxylic acid groups (broad SMARTS) is 2. The van der Waals surface area contributed by atoms with Crippen LogP contribution in [-0.2, 0) is 9.59 Å². The Hall–Kier alpha value is 1.42. The molecule has 0 radical (unpaired) electrons. The molecule has 0 heterocycles. The van der Waals surface area contributed by atoms with E-state index in [1.807, 2.05) is 19.1 Å². The topological polar surface area (TPSA) is 113 Å². The predicted octanol–water partition coefficient (Wildman–Crippen LogP) is -6.13. The second-order valence-corrected chi connectivity index (χ2v) is 4.09. The summed E-state index contributed by atoms with van der Waals surface area (Å²) in [6, 6.07) is -1.30. The first-order valence-corrected chi connectivity index (χ1v) is 6.28. The SMILES string of the molecule is CCC/C=C/CCC([O-])=N[C@@H](CCC(=O)[O-])C(=O)O.[K+].[K+]. The molecular weight excluding hydrogens is 328 g/mol. The first-order chi connectivity index (χ1) is 8.97. The van der Waals surface area contributed by atoms with Crippen LogP contribution in [0.2, 0.25) is 0 Å². The van der Waals surface area contributed by atoms with Gasteiger partial charge in [-0.3, -0.25) is 4.99 Å². The number of rotatable bonds is 10. The van der Waals surface area contributed by atoms with Gasteiger partial charge in [0.15, 0.2) is 0 Å². The fourth-order valence-corrected chi connectivity index (χ4v) is 1.35. The van der Waals surface area contributed by atoms with Gasteiger partial charge < -0.3 is 20.1 Å². The fourth-order valence-electron chi connectivity index (χ4n) is 1.35. The summed E-state index contributed by atoms with van der Waals surface area (Å²) in [6.45, 7) is 2.04. The van der Waals surface area contributed by atoms with Crippen molar-refractivity contribution in [2.45, 2.75) is 51.5 Å². The molecule has 1 atom stereocenters. The van der Waals surface area contributed by atoms with Crippen LogP contribution >= 0.6 is 0 Å². The van der Waals surface area contributed by atoms with E-state index in [1.54, 1.807) is 0 Å². The monoisotopic (exact) mass is 347 g/mol. The van der Waals surface area contributed by atoms with Gasteiger partial charge in [0.2, 0.25) is 0 Å². The Kier molecular flexibility index (Phi) is 23.1. The van der Waals surface area contributed by atoms with E-state index in [1.165, 1.54) is 0 Å². The zero-order valence-corrected chi connectivity index (χ0v) is 19.2. The fraction of sp³-hybridized carbons (Fsp3) is 0.615. The maximum Gasteiger partial charge on any atom is 1.00 e. The van der Waals surface area contributed by atoms with E-state index < -0.39 is 30.3 Å². The average Bonchev–Trinajstić information content (AvgIpc) is 2.33. The molecule has 0 aromatic carbocycles. The zero-order valence-electron chi connectivity index (χ0n) is 13.0. The van der Waals surface area contributed by atoms with Gasteiger partial charge in [-0.1, -0.05) is 25.5 Å². The van der Waals surface area contributed by atoms with Gasteiger partial charge in [0.05, 0.1) is 0 Å². The Morgan fingerprint density at radius 1 is 1.14 bits per heavy atom. The van der Waals surface area contributed by atoms with E-state index in [-0.39, 0.29) is 116 Å². The third-order valence-corrected chi connectivity index (χ3v) is 2.35. The van der Waals surface area contributed by atoms with Crippen molar-refractivity contribution < 1.29 is 128 Å².